The maximum atomic E-state index is 13.8. The van der Waals surface area contributed by atoms with Gasteiger partial charge >= 0.3 is 0 Å². The number of aromatic nitrogens is 3. The molecular weight excluding hydrogens is 343 g/mol. The van der Waals surface area contributed by atoms with Crippen LogP contribution in [0.2, 0.25) is 0 Å². The zero-order chi connectivity index (χ0) is 19.0. The van der Waals surface area contributed by atoms with Gasteiger partial charge < -0.3 is 15.2 Å². The number of para-hydroxylation sites is 1. The van der Waals surface area contributed by atoms with Crippen molar-refractivity contribution in [2.24, 2.45) is 5.73 Å². The zero-order valence-corrected chi connectivity index (χ0v) is 15.1. The van der Waals surface area contributed by atoms with Crippen LogP contribution >= 0.6 is 0 Å². The number of nitriles is 1. The summed E-state index contributed by atoms with van der Waals surface area (Å²) in [6, 6.07) is 11.2. The molecule has 2 N–H and O–H groups in total. The first-order valence-electron chi connectivity index (χ1n) is 9.02. The normalized spacial score (nSPS) is 20.0. The molecule has 0 aliphatic carbocycles. The highest BCUT2D eigenvalue weighted by Crippen LogP contribution is 2.28. The van der Waals surface area contributed by atoms with Gasteiger partial charge in [0.25, 0.3) is 0 Å². The molecule has 2 atom stereocenters. The van der Waals surface area contributed by atoms with Gasteiger partial charge in [0.15, 0.2) is 0 Å². The number of fused-ring (bicyclic) bond motifs is 1. The molecule has 7 heteroatoms. The molecule has 27 heavy (non-hydrogen) atoms. The molecule has 3 aromatic rings. The number of rotatable bonds is 3. The van der Waals surface area contributed by atoms with E-state index in [1.54, 1.807) is 12.3 Å². The molecule has 3 heterocycles. The van der Waals surface area contributed by atoms with Crippen molar-refractivity contribution in [3.05, 3.63) is 53.3 Å². The lowest BCUT2D eigenvalue weighted by Crippen LogP contribution is -2.50. The van der Waals surface area contributed by atoms with E-state index in [4.69, 9.17) is 16.0 Å². The van der Waals surface area contributed by atoms with Crippen LogP contribution in [0.3, 0.4) is 0 Å². The summed E-state index contributed by atoms with van der Waals surface area (Å²) in [7, 11) is 0. The Bertz CT molecular complexity index is 1000. The molecule has 0 spiro atoms. The number of nitrogens with two attached hydrogens (primary N) is 1. The van der Waals surface area contributed by atoms with Gasteiger partial charge in [-0.2, -0.15) is 5.26 Å². The summed E-state index contributed by atoms with van der Waals surface area (Å²) in [4.78, 5) is 11.3. The summed E-state index contributed by atoms with van der Waals surface area (Å²) in [5.41, 5.74) is 10.4. The standard InChI is InChI=1S/C20H21FN6/c1-13-3-2-4-18-19(13)25-20(26-8-7-16(21)17(23)12-26)27(18)11-15-6-5-14(9-22)10-24-15/h2-6,10,16-17H,7-8,11-12,23H2,1H3/t16-,17-/m1/s1. The second-order valence-corrected chi connectivity index (χ2v) is 7.01. The quantitative estimate of drug-likeness (QED) is 0.772. The fourth-order valence-corrected chi connectivity index (χ4v) is 3.55. The van der Waals surface area contributed by atoms with Crippen molar-refractivity contribution in [2.75, 3.05) is 18.0 Å². The van der Waals surface area contributed by atoms with E-state index in [1.165, 1.54) is 0 Å². The predicted molar refractivity (Wildman–Crippen MR) is 102 cm³/mol. The maximum Gasteiger partial charge on any atom is 0.206 e. The fourth-order valence-electron chi connectivity index (χ4n) is 3.55. The zero-order valence-electron chi connectivity index (χ0n) is 15.1. The highest BCUT2D eigenvalue weighted by Gasteiger charge is 2.29. The van der Waals surface area contributed by atoms with E-state index < -0.39 is 12.2 Å². The number of pyridine rings is 1. The van der Waals surface area contributed by atoms with Gasteiger partial charge in [0.2, 0.25) is 5.95 Å². The van der Waals surface area contributed by atoms with Gasteiger partial charge in [-0.15, -0.1) is 0 Å². The number of imidazole rings is 1. The third kappa shape index (κ3) is 3.24. The Morgan fingerprint density at radius 1 is 1.33 bits per heavy atom. The van der Waals surface area contributed by atoms with Crippen LogP contribution in [0.25, 0.3) is 11.0 Å². The lowest BCUT2D eigenvalue weighted by atomic mass is 10.1. The smallest absolute Gasteiger partial charge is 0.206 e. The molecule has 0 unspecified atom stereocenters. The number of anilines is 1. The Balaban J connectivity index is 1.77. The molecule has 138 valence electrons. The topological polar surface area (TPSA) is 83.8 Å². The van der Waals surface area contributed by atoms with Crippen LogP contribution in [0, 0.1) is 18.3 Å². The van der Waals surface area contributed by atoms with Gasteiger partial charge in [-0.25, -0.2) is 9.37 Å². The van der Waals surface area contributed by atoms with Gasteiger partial charge in [-0.1, -0.05) is 12.1 Å². The Labute approximate surface area is 157 Å². The molecule has 0 saturated carbocycles. The summed E-state index contributed by atoms with van der Waals surface area (Å²) < 4.78 is 15.9. The highest BCUT2D eigenvalue weighted by atomic mass is 19.1. The number of nitrogens with zero attached hydrogens (tertiary/aromatic N) is 5. The van der Waals surface area contributed by atoms with E-state index in [9.17, 15) is 4.39 Å². The first-order chi connectivity index (χ1) is 13.1. The average Bonchev–Trinajstić information content (AvgIpc) is 3.04. The molecular formula is C20H21FN6. The number of benzene rings is 1. The number of piperidine rings is 1. The molecule has 4 rings (SSSR count). The van der Waals surface area contributed by atoms with Crippen molar-refractivity contribution in [3.63, 3.8) is 0 Å². The van der Waals surface area contributed by atoms with Gasteiger partial charge in [0, 0.05) is 19.3 Å². The summed E-state index contributed by atoms with van der Waals surface area (Å²) >= 11 is 0. The first kappa shape index (κ1) is 17.4. The molecule has 6 nitrogen and oxygen atoms in total. The predicted octanol–water partition coefficient (Wildman–Crippen LogP) is 2.54. The summed E-state index contributed by atoms with van der Waals surface area (Å²) in [6.45, 7) is 3.57. The third-order valence-corrected chi connectivity index (χ3v) is 5.09. The van der Waals surface area contributed by atoms with Gasteiger partial charge in [0.05, 0.1) is 34.9 Å². The molecule has 1 aliphatic rings. The van der Waals surface area contributed by atoms with Gasteiger partial charge in [0.1, 0.15) is 12.2 Å². The largest absolute Gasteiger partial charge is 0.340 e. The van der Waals surface area contributed by atoms with E-state index in [-0.39, 0.29) is 0 Å². The van der Waals surface area contributed by atoms with Crippen LogP contribution in [0.1, 0.15) is 23.2 Å². The molecule has 1 aliphatic heterocycles. The van der Waals surface area contributed by atoms with Crippen LogP contribution in [0.15, 0.2) is 36.5 Å². The molecule has 1 aromatic carbocycles. The number of alkyl halides is 1. The van der Waals surface area contributed by atoms with Crippen LogP contribution in [-0.4, -0.2) is 39.8 Å². The molecule has 1 fully saturated rings. The minimum atomic E-state index is -0.971. The lowest BCUT2D eigenvalue weighted by Gasteiger charge is -2.34. The van der Waals surface area contributed by atoms with Crippen molar-refractivity contribution in [3.8, 4) is 6.07 Å². The van der Waals surface area contributed by atoms with Crippen LogP contribution < -0.4 is 10.6 Å². The van der Waals surface area contributed by atoms with E-state index >= 15 is 0 Å². The number of hydrogen-bond donors (Lipinski definition) is 1. The van der Waals surface area contributed by atoms with Gasteiger partial charge in [-0.3, -0.25) is 4.98 Å². The Kier molecular flexibility index (Phi) is 4.50. The van der Waals surface area contributed by atoms with Crippen molar-refractivity contribution in [2.45, 2.75) is 32.1 Å². The summed E-state index contributed by atoms with van der Waals surface area (Å²) in [6.07, 6.45) is 1.00. The number of hydrogen-bond acceptors (Lipinski definition) is 5. The van der Waals surface area contributed by atoms with Crippen LogP contribution in [-0.2, 0) is 6.54 Å². The lowest BCUT2D eigenvalue weighted by molar-refractivity contribution is 0.243. The second-order valence-electron chi connectivity index (χ2n) is 7.01. The van der Waals surface area contributed by atoms with E-state index in [0.29, 0.717) is 31.6 Å². The van der Waals surface area contributed by atoms with Crippen LogP contribution in [0.4, 0.5) is 10.3 Å². The second kappa shape index (κ2) is 6.97. The SMILES string of the molecule is Cc1cccc2c1nc(N1CC[C@@H](F)[C@H](N)C1)n2Cc1ccc(C#N)cn1. The highest BCUT2D eigenvalue weighted by molar-refractivity contribution is 5.82. The Morgan fingerprint density at radius 2 is 2.19 bits per heavy atom. The summed E-state index contributed by atoms with van der Waals surface area (Å²) in [5, 5.41) is 8.96. The van der Waals surface area contributed by atoms with Gasteiger partial charge in [-0.05, 0) is 37.1 Å². The van der Waals surface area contributed by atoms with Crippen LogP contribution in [0.5, 0.6) is 0 Å². The molecule has 0 bridgehead atoms. The van der Waals surface area contributed by atoms with E-state index in [2.05, 4.69) is 20.5 Å². The first-order valence-corrected chi connectivity index (χ1v) is 9.02. The Morgan fingerprint density at radius 3 is 2.89 bits per heavy atom. The Hall–Kier alpha value is -2.98. The molecule has 0 amide bonds. The number of halogens is 1. The van der Waals surface area contributed by atoms with E-state index in [1.807, 2.05) is 31.2 Å². The van der Waals surface area contributed by atoms with Crippen molar-refractivity contribution in [1.29, 1.82) is 5.26 Å². The van der Waals surface area contributed by atoms with Crippen molar-refractivity contribution in [1.82, 2.24) is 14.5 Å². The summed E-state index contributed by atoms with van der Waals surface area (Å²) in [5.74, 6) is 0.785. The fraction of sp³-hybridized carbons (Fsp3) is 0.350. The maximum absolute atomic E-state index is 13.8. The molecule has 0 radical (unpaired) electrons. The van der Waals surface area contributed by atoms with E-state index in [0.717, 1.165) is 28.2 Å². The molecule has 1 saturated heterocycles. The minimum absolute atomic E-state index is 0.401. The minimum Gasteiger partial charge on any atom is -0.340 e. The molecule has 2 aromatic heterocycles. The average molecular weight is 364 g/mol. The number of aryl methyl sites for hydroxylation is 1. The van der Waals surface area contributed by atoms with Crippen molar-refractivity contribution < 1.29 is 4.39 Å². The monoisotopic (exact) mass is 364 g/mol. The third-order valence-electron chi connectivity index (χ3n) is 5.09. The van der Waals surface area contributed by atoms with Crippen molar-refractivity contribution >= 4 is 17.0 Å².